The number of hydrogen-bond donors (Lipinski definition) is 0. The van der Waals surface area contributed by atoms with Crippen LogP contribution in [0, 0.1) is 11.8 Å². The Morgan fingerprint density at radius 2 is 0.875 bits per heavy atom. The molecule has 0 aromatic carbocycles. The van der Waals surface area contributed by atoms with E-state index in [4.69, 9.17) is 24.8 Å². The first-order valence-electron chi connectivity index (χ1n) is 12.3. The van der Waals surface area contributed by atoms with Crippen LogP contribution in [0.1, 0.15) is 88.5 Å². The molecule has 0 fully saturated rings. The molecule has 0 bridgehead atoms. The molecule has 0 aromatic rings. The Labute approximate surface area is 226 Å². The Hall–Kier alpha value is 0.995. The van der Waals surface area contributed by atoms with Gasteiger partial charge in [0, 0.05) is 39.6 Å². The van der Waals surface area contributed by atoms with Gasteiger partial charge in [-0.05, 0) is 33.1 Å². The van der Waals surface area contributed by atoms with Crippen molar-refractivity contribution >= 4 is 0 Å². The van der Waals surface area contributed by atoms with Gasteiger partial charge < -0.3 is 24.8 Å². The van der Waals surface area contributed by atoms with Crippen LogP contribution >= 0.6 is 0 Å². The van der Waals surface area contributed by atoms with Gasteiger partial charge in [-0.15, -0.1) is 24.2 Å². The van der Waals surface area contributed by atoms with Crippen molar-refractivity contribution in [3.63, 3.8) is 0 Å². The average molecular weight is 445 g/mol. The summed E-state index contributed by atoms with van der Waals surface area (Å²) in [6.45, 7) is 26.2. The van der Waals surface area contributed by atoms with E-state index in [2.05, 4.69) is 55.4 Å². The first-order valence-corrected chi connectivity index (χ1v) is 12.3. The van der Waals surface area contributed by atoms with Gasteiger partial charge in [0.25, 0.3) is 0 Å². The van der Waals surface area contributed by atoms with Crippen LogP contribution in [0.4, 0.5) is 0 Å². The summed E-state index contributed by atoms with van der Waals surface area (Å²) in [6, 6.07) is 1.40. The average Bonchev–Trinajstić information content (AvgIpc) is 2.65. The Kier molecular flexibility index (Phi) is 35.4. The molecular formula is C25H54Li2N2O3. The summed E-state index contributed by atoms with van der Waals surface area (Å²) in [6.07, 6.45) is 3.35. The topological polar surface area (TPSA) is 55.9 Å². The van der Waals surface area contributed by atoms with E-state index in [1.165, 1.54) is 0 Å². The van der Waals surface area contributed by atoms with E-state index in [9.17, 15) is 0 Å². The predicted octanol–water partition coefficient (Wildman–Crippen LogP) is 0.854. The fourth-order valence-corrected chi connectivity index (χ4v) is 2.78. The van der Waals surface area contributed by atoms with Crippen LogP contribution in [0.3, 0.4) is 0 Å². The van der Waals surface area contributed by atoms with Crippen LogP contribution in [0.5, 0.6) is 0 Å². The van der Waals surface area contributed by atoms with Gasteiger partial charge in [-0.2, -0.15) is 0 Å². The number of unbranched alkanes of at least 4 members (excludes halogenated alkanes) is 2. The molecule has 0 aliphatic rings. The second-order valence-corrected chi connectivity index (χ2v) is 9.10. The standard InChI is InChI=1S/C21H44N2O2.C4H10O.2Li/c1-16(2)20(22-18(5)6)14-24-12-10-9-11-13-25-15-21(17(3)4)23-19(7)8;1-3-5-4-2;;/h16-21H,9-15H2,1-8H3;3-4H2,1-2H3;;/q-2;;2*+1/t20-,21-;;;/m1.../s1. The van der Waals surface area contributed by atoms with Crippen LogP contribution in [0.15, 0.2) is 0 Å². The molecule has 0 aliphatic carbocycles. The fourth-order valence-electron chi connectivity index (χ4n) is 2.78. The molecular weight excluding hydrogens is 390 g/mol. The van der Waals surface area contributed by atoms with Crippen molar-refractivity contribution in [3.8, 4) is 0 Å². The van der Waals surface area contributed by atoms with Gasteiger partial charge in [0.05, 0.1) is 0 Å². The number of rotatable bonds is 18. The van der Waals surface area contributed by atoms with E-state index >= 15 is 0 Å². The summed E-state index contributed by atoms with van der Waals surface area (Å²) in [5, 5.41) is 9.46. The van der Waals surface area contributed by atoms with Gasteiger partial charge in [0.15, 0.2) is 0 Å². The minimum absolute atomic E-state index is 0. The maximum atomic E-state index is 5.83. The molecule has 0 aromatic heterocycles. The summed E-state index contributed by atoms with van der Waals surface area (Å²) in [7, 11) is 0. The molecule has 0 N–H and O–H groups in total. The minimum atomic E-state index is 0. The molecule has 7 heteroatoms. The van der Waals surface area contributed by atoms with Crippen molar-refractivity contribution in [3.05, 3.63) is 10.6 Å². The molecule has 5 nitrogen and oxygen atoms in total. The SMILES string of the molecule is CC(C)[N-][C@H](COCCCCCOC[C@@H]([N-]C(C)C)C(C)C)C(C)C.CCOCC.[Li+].[Li+]. The summed E-state index contributed by atoms with van der Waals surface area (Å²) in [5.74, 6) is 1.09. The predicted molar refractivity (Wildman–Crippen MR) is 132 cm³/mol. The van der Waals surface area contributed by atoms with Crippen molar-refractivity contribution < 1.29 is 51.9 Å². The summed E-state index contributed by atoms with van der Waals surface area (Å²) in [5.41, 5.74) is 0. The van der Waals surface area contributed by atoms with E-state index in [0.29, 0.717) is 36.0 Å². The smallest absolute Gasteiger partial charge is 0.655 e. The monoisotopic (exact) mass is 444 g/mol. The Morgan fingerprint density at radius 1 is 0.531 bits per heavy atom. The molecule has 32 heavy (non-hydrogen) atoms. The van der Waals surface area contributed by atoms with Crippen molar-refractivity contribution in [1.29, 1.82) is 0 Å². The van der Waals surface area contributed by atoms with Crippen LogP contribution in [-0.4, -0.2) is 63.8 Å². The molecule has 0 rings (SSSR count). The van der Waals surface area contributed by atoms with Crippen molar-refractivity contribution in [2.24, 2.45) is 11.8 Å². The molecule has 0 saturated heterocycles. The van der Waals surface area contributed by atoms with Crippen LogP contribution in [0.2, 0.25) is 0 Å². The van der Waals surface area contributed by atoms with E-state index in [1.54, 1.807) is 0 Å². The third-order valence-corrected chi connectivity index (χ3v) is 4.58. The van der Waals surface area contributed by atoms with Crippen molar-refractivity contribution in [2.75, 3.05) is 39.6 Å². The molecule has 0 spiro atoms. The maximum absolute atomic E-state index is 5.83. The zero-order valence-corrected chi connectivity index (χ0v) is 23.9. The van der Waals surface area contributed by atoms with Gasteiger partial charge in [0.2, 0.25) is 0 Å². The second-order valence-electron chi connectivity index (χ2n) is 9.10. The van der Waals surface area contributed by atoms with E-state index in [1.807, 2.05) is 13.8 Å². The van der Waals surface area contributed by atoms with Gasteiger partial charge in [0.1, 0.15) is 0 Å². The quantitative estimate of drug-likeness (QED) is 0.233. The number of ether oxygens (including phenoxy) is 3. The Bertz CT molecular complexity index is 317. The molecule has 0 heterocycles. The van der Waals surface area contributed by atoms with E-state index < -0.39 is 0 Å². The normalized spacial score (nSPS) is 12.9. The molecule has 0 amide bonds. The molecule has 184 valence electrons. The van der Waals surface area contributed by atoms with Gasteiger partial charge in [-0.1, -0.05) is 67.2 Å². The molecule has 0 unspecified atom stereocenters. The van der Waals surface area contributed by atoms with Gasteiger partial charge in [-0.25, -0.2) is 0 Å². The largest absolute Gasteiger partial charge is 1.00 e. The maximum Gasteiger partial charge on any atom is 1.00 e. The molecule has 0 radical (unpaired) electrons. The fraction of sp³-hybridized carbons (Fsp3) is 1.00. The Morgan fingerprint density at radius 3 is 1.09 bits per heavy atom. The van der Waals surface area contributed by atoms with Crippen molar-refractivity contribution in [2.45, 2.75) is 113 Å². The number of hydrogen-bond acceptors (Lipinski definition) is 3. The van der Waals surface area contributed by atoms with Crippen LogP contribution < -0.4 is 37.7 Å². The zero-order chi connectivity index (χ0) is 23.4. The number of nitrogens with zero attached hydrogens (tertiary/aromatic N) is 2. The minimum Gasteiger partial charge on any atom is -0.655 e. The third kappa shape index (κ3) is 29.0. The van der Waals surface area contributed by atoms with E-state index in [0.717, 1.165) is 58.9 Å². The third-order valence-electron chi connectivity index (χ3n) is 4.58. The summed E-state index contributed by atoms with van der Waals surface area (Å²) >= 11 is 0. The van der Waals surface area contributed by atoms with Crippen molar-refractivity contribution in [1.82, 2.24) is 0 Å². The van der Waals surface area contributed by atoms with E-state index in [-0.39, 0.29) is 37.7 Å². The molecule has 2 atom stereocenters. The first-order chi connectivity index (χ1) is 14.1. The first kappa shape index (κ1) is 40.2. The Balaban J connectivity index is -0.000000501. The van der Waals surface area contributed by atoms with Crippen LogP contribution in [-0.2, 0) is 14.2 Å². The second kappa shape index (κ2) is 28.2. The molecule has 0 saturated carbocycles. The van der Waals surface area contributed by atoms with Gasteiger partial charge in [-0.3, -0.25) is 0 Å². The molecule has 0 aliphatic heterocycles. The summed E-state index contributed by atoms with van der Waals surface area (Å²) < 4.78 is 16.5. The van der Waals surface area contributed by atoms with Crippen LogP contribution in [0.25, 0.3) is 10.6 Å². The van der Waals surface area contributed by atoms with Gasteiger partial charge >= 0.3 is 37.7 Å². The zero-order valence-electron chi connectivity index (χ0n) is 23.9. The summed E-state index contributed by atoms with van der Waals surface area (Å²) in [4.78, 5) is 0.